The van der Waals surface area contributed by atoms with Gasteiger partial charge in [0.05, 0.1) is 11.9 Å². The largest absolute Gasteiger partial charge is 0.298 e. The van der Waals surface area contributed by atoms with Crippen LogP contribution in [0.4, 0.5) is 0 Å². The molecule has 0 amide bonds. The lowest BCUT2D eigenvalue weighted by Gasteiger charge is -2.15. The van der Waals surface area contributed by atoms with Crippen molar-refractivity contribution in [2.75, 3.05) is 0 Å². The summed E-state index contributed by atoms with van der Waals surface area (Å²) in [5.74, 6) is 0. The predicted octanol–water partition coefficient (Wildman–Crippen LogP) is 0.232. The van der Waals surface area contributed by atoms with Gasteiger partial charge in [0.1, 0.15) is 0 Å². The second-order valence-electron chi connectivity index (χ2n) is 2.15. The molecule has 0 spiro atoms. The van der Waals surface area contributed by atoms with Crippen LogP contribution in [0.5, 0.6) is 0 Å². The molecule has 0 bridgehead atoms. The van der Waals surface area contributed by atoms with Crippen molar-refractivity contribution in [2.45, 2.75) is 0 Å². The monoisotopic (exact) mass is 150 g/mol. The van der Waals surface area contributed by atoms with Crippen LogP contribution >= 0.6 is 0 Å². The molecule has 4 nitrogen and oxygen atoms in total. The fraction of sp³-hybridized carbons (Fsp3) is 0. The molecule has 1 N–H and O–H groups in total. The molecule has 2 heterocycles. The first-order chi connectivity index (χ1) is 5.42. The summed E-state index contributed by atoms with van der Waals surface area (Å²) in [6, 6.07) is 0. The number of fused-ring (bicyclic) bond motifs is 1. The van der Waals surface area contributed by atoms with Crippen LogP contribution in [0.1, 0.15) is 0 Å². The lowest BCUT2D eigenvalue weighted by atomic mass is 10.2. The smallest absolute Gasteiger partial charge is 0.152 e. The molecule has 2 aliphatic heterocycles. The minimum absolute atomic E-state index is 0.609. The zero-order valence-corrected chi connectivity index (χ0v) is 5.65. The highest BCUT2D eigenvalue weighted by molar-refractivity contribution is 5.81. The van der Waals surface area contributed by atoms with Gasteiger partial charge in [-0.2, -0.15) is 4.94 Å². The Bertz CT molecular complexity index is 278. The van der Waals surface area contributed by atoms with Gasteiger partial charge in [-0.25, -0.2) is 10.5 Å². The maximum absolute atomic E-state index is 10.4. The molecular weight excluding hydrogens is 144 g/mol. The van der Waals surface area contributed by atoms with E-state index in [-0.39, 0.29) is 0 Å². The maximum Gasteiger partial charge on any atom is 0.152 e. The van der Waals surface area contributed by atoms with Crippen LogP contribution in [0.2, 0.25) is 0 Å². The quantitative estimate of drug-likeness (QED) is 0.543. The van der Waals surface area contributed by atoms with Crippen LogP contribution in [-0.2, 0) is 9.73 Å². The van der Waals surface area contributed by atoms with E-state index in [1.165, 1.54) is 5.06 Å². The molecule has 2 rings (SSSR count). The van der Waals surface area contributed by atoms with Crippen molar-refractivity contribution in [1.82, 2.24) is 10.5 Å². The molecule has 0 radical (unpaired) electrons. The summed E-state index contributed by atoms with van der Waals surface area (Å²) in [7, 11) is 0. The number of rotatable bonds is 1. The number of hydrogen-bond donors (Lipinski definition) is 1. The number of allylic oxidation sites excluding steroid dienone is 3. The minimum atomic E-state index is 0.609. The first-order valence-corrected chi connectivity index (χ1v) is 3.18. The van der Waals surface area contributed by atoms with E-state index >= 15 is 0 Å². The Morgan fingerprint density at radius 3 is 3.36 bits per heavy atom. The molecule has 56 valence electrons. The summed E-state index contributed by atoms with van der Waals surface area (Å²) >= 11 is 0. The second-order valence-corrected chi connectivity index (χ2v) is 2.15. The van der Waals surface area contributed by atoms with E-state index in [4.69, 9.17) is 4.94 Å². The number of aldehydes is 1. The van der Waals surface area contributed by atoms with Gasteiger partial charge in [-0.05, 0) is 12.2 Å². The standard InChI is InChI=1S/C7H6N2O2/c10-5-6-2-1-3-9-7(6)4-8-11-9/h1-5,8H. The first kappa shape index (κ1) is 6.18. The van der Waals surface area contributed by atoms with Crippen molar-refractivity contribution < 1.29 is 9.73 Å². The zero-order valence-electron chi connectivity index (χ0n) is 5.65. The Morgan fingerprint density at radius 1 is 1.64 bits per heavy atom. The predicted molar refractivity (Wildman–Crippen MR) is 37.4 cm³/mol. The van der Waals surface area contributed by atoms with E-state index in [0.717, 1.165) is 12.0 Å². The molecule has 11 heavy (non-hydrogen) atoms. The average Bonchev–Trinajstić information content (AvgIpc) is 2.50. The van der Waals surface area contributed by atoms with Crippen LogP contribution in [0.25, 0.3) is 0 Å². The Hall–Kier alpha value is -1.55. The highest BCUT2D eigenvalue weighted by atomic mass is 16.8. The molecule has 0 atom stereocenters. The summed E-state index contributed by atoms with van der Waals surface area (Å²) in [4.78, 5) is 15.3. The van der Waals surface area contributed by atoms with Crippen LogP contribution in [-0.4, -0.2) is 11.3 Å². The first-order valence-electron chi connectivity index (χ1n) is 3.18. The van der Waals surface area contributed by atoms with Crippen LogP contribution in [0.3, 0.4) is 0 Å². The number of hydrogen-bond acceptors (Lipinski definition) is 4. The average molecular weight is 150 g/mol. The Kier molecular flexibility index (Phi) is 1.26. The molecule has 0 saturated carbocycles. The molecule has 0 unspecified atom stereocenters. The number of hydroxylamine groups is 3. The van der Waals surface area contributed by atoms with Crippen molar-refractivity contribution in [3.8, 4) is 0 Å². The Balaban J connectivity index is 2.38. The molecule has 0 saturated heterocycles. The minimum Gasteiger partial charge on any atom is -0.298 e. The third kappa shape index (κ3) is 0.841. The summed E-state index contributed by atoms with van der Waals surface area (Å²) in [5, 5.41) is 1.49. The fourth-order valence-electron chi connectivity index (χ4n) is 0.983. The van der Waals surface area contributed by atoms with E-state index in [2.05, 4.69) is 5.48 Å². The number of carbonyl (C=O) groups excluding carboxylic acids is 1. The normalized spacial score (nSPS) is 20.2. The molecule has 0 aromatic rings. The number of carbonyl (C=O) groups is 1. The zero-order chi connectivity index (χ0) is 7.68. The van der Waals surface area contributed by atoms with Gasteiger partial charge in [-0.1, -0.05) is 0 Å². The van der Waals surface area contributed by atoms with Gasteiger partial charge >= 0.3 is 0 Å². The molecule has 4 heteroatoms. The van der Waals surface area contributed by atoms with Crippen LogP contribution in [0, 0.1) is 0 Å². The molecule has 2 aliphatic rings. The second kappa shape index (κ2) is 2.25. The molecular formula is C7H6N2O2. The summed E-state index contributed by atoms with van der Waals surface area (Å²) in [5.41, 5.74) is 3.89. The Labute approximate surface area is 63.3 Å². The van der Waals surface area contributed by atoms with E-state index in [9.17, 15) is 4.79 Å². The number of nitrogens with one attached hydrogen (secondary N) is 1. The number of nitrogens with zero attached hydrogens (tertiary/aromatic N) is 1. The molecule has 0 aromatic heterocycles. The third-order valence-corrected chi connectivity index (χ3v) is 1.50. The molecule has 0 fully saturated rings. The van der Waals surface area contributed by atoms with E-state index in [0.29, 0.717) is 5.57 Å². The van der Waals surface area contributed by atoms with Crippen molar-refractivity contribution in [3.63, 3.8) is 0 Å². The van der Waals surface area contributed by atoms with Gasteiger partial charge in [0.15, 0.2) is 6.29 Å². The lowest BCUT2D eigenvalue weighted by molar-refractivity contribution is -0.116. The van der Waals surface area contributed by atoms with Gasteiger partial charge < -0.3 is 0 Å². The summed E-state index contributed by atoms with van der Waals surface area (Å²) in [6.45, 7) is 0. The van der Waals surface area contributed by atoms with Gasteiger partial charge in [-0.15, -0.1) is 0 Å². The SMILES string of the molecule is O=CC1=CC=CN2ONC=C12. The maximum atomic E-state index is 10.4. The van der Waals surface area contributed by atoms with Gasteiger partial charge in [0.2, 0.25) is 0 Å². The molecule has 0 aliphatic carbocycles. The van der Waals surface area contributed by atoms with Crippen LogP contribution < -0.4 is 5.48 Å². The fourth-order valence-corrected chi connectivity index (χ4v) is 0.983. The van der Waals surface area contributed by atoms with E-state index in [1.54, 1.807) is 24.6 Å². The van der Waals surface area contributed by atoms with Gasteiger partial charge in [0.25, 0.3) is 0 Å². The Morgan fingerprint density at radius 2 is 2.55 bits per heavy atom. The molecule has 0 aromatic carbocycles. The summed E-state index contributed by atoms with van der Waals surface area (Å²) < 4.78 is 0. The van der Waals surface area contributed by atoms with Gasteiger partial charge in [0, 0.05) is 11.8 Å². The van der Waals surface area contributed by atoms with Gasteiger partial charge in [-0.3, -0.25) is 4.79 Å². The van der Waals surface area contributed by atoms with E-state index < -0.39 is 0 Å². The van der Waals surface area contributed by atoms with Crippen molar-refractivity contribution in [1.29, 1.82) is 0 Å². The highest BCUT2D eigenvalue weighted by Crippen LogP contribution is 2.20. The lowest BCUT2D eigenvalue weighted by Crippen LogP contribution is -2.17. The third-order valence-electron chi connectivity index (χ3n) is 1.50. The van der Waals surface area contributed by atoms with Crippen molar-refractivity contribution in [3.05, 3.63) is 35.8 Å². The van der Waals surface area contributed by atoms with Crippen LogP contribution in [0.15, 0.2) is 35.8 Å². The topological polar surface area (TPSA) is 41.6 Å². The van der Waals surface area contributed by atoms with Crippen molar-refractivity contribution >= 4 is 6.29 Å². The highest BCUT2D eigenvalue weighted by Gasteiger charge is 2.19. The summed E-state index contributed by atoms with van der Waals surface area (Å²) in [6.07, 6.45) is 7.61. The van der Waals surface area contributed by atoms with E-state index in [1.807, 2.05) is 0 Å². The van der Waals surface area contributed by atoms with Crippen molar-refractivity contribution in [2.24, 2.45) is 0 Å².